The van der Waals surface area contributed by atoms with E-state index in [4.69, 9.17) is 15.6 Å². The molecular weight excluding hydrogens is 192 g/mol. The Morgan fingerprint density at radius 2 is 2.07 bits per heavy atom. The molecule has 0 amide bonds. The number of hydrogen-bond acceptors (Lipinski definition) is 4. The van der Waals surface area contributed by atoms with Crippen molar-refractivity contribution in [1.29, 1.82) is 0 Å². The standard InChI is InChI=1S/C11H18N2O2/c1-13(6-8-14)7-9-15-11-5-3-2-4-10(11)12/h2-5,14H,6-9,12H2,1H3. The van der Waals surface area contributed by atoms with E-state index in [-0.39, 0.29) is 6.61 Å². The third-order valence-corrected chi connectivity index (χ3v) is 2.13. The Morgan fingerprint density at radius 3 is 2.73 bits per heavy atom. The fourth-order valence-corrected chi connectivity index (χ4v) is 1.21. The summed E-state index contributed by atoms with van der Waals surface area (Å²) in [6.45, 7) is 2.18. The summed E-state index contributed by atoms with van der Waals surface area (Å²) in [7, 11) is 1.94. The molecule has 4 nitrogen and oxygen atoms in total. The van der Waals surface area contributed by atoms with E-state index >= 15 is 0 Å². The van der Waals surface area contributed by atoms with Crippen molar-refractivity contribution in [2.45, 2.75) is 0 Å². The average Bonchev–Trinajstić information content (AvgIpc) is 2.21. The summed E-state index contributed by atoms with van der Waals surface area (Å²) < 4.78 is 5.51. The van der Waals surface area contributed by atoms with Gasteiger partial charge in [-0.05, 0) is 19.2 Å². The Labute approximate surface area is 90.3 Å². The second-order valence-corrected chi connectivity index (χ2v) is 3.41. The smallest absolute Gasteiger partial charge is 0.142 e. The molecule has 0 aromatic heterocycles. The van der Waals surface area contributed by atoms with Gasteiger partial charge in [-0.15, -0.1) is 0 Å². The molecule has 0 aliphatic rings. The molecular formula is C11H18N2O2. The maximum atomic E-state index is 8.69. The number of nitrogen functional groups attached to an aromatic ring is 1. The van der Waals surface area contributed by atoms with E-state index < -0.39 is 0 Å². The Kier molecular flexibility index (Phi) is 4.93. The van der Waals surface area contributed by atoms with Gasteiger partial charge >= 0.3 is 0 Å². The highest BCUT2D eigenvalue weighted by molar-refractivity contribution is 5.51. The van der Waals surface area contributed by atoms with E-state index in [1.54, 1.807) is 0 Å². The van der Waals surface area contributed by atoms with E-state index in [9.17, 15) is 0 Å². The second-order valence-electron chi connectivity index (χ2n) is 3.41. The molecule has 1 aromatic rings. The van der Waals surface area contributed by atoms with Gasteiger partial charge in [-0.25, -0.2) is 0 Å². The van der Waals surface area contributed by atoms with Gasteiger partial charge in [0.2, 0.25) is 0 Å². The third kappa shape index (κ3) is 4.18. The van der Waals surface area contributed by atoms with Crippen molar-refractivity contribution in [3.63, 3.8) is 0 Å². The first-order valence-electron chi connectivity index (χ1n) is 5.00. The van der Waals surface area contributed by atoms with Crippen molar-refractivity contribution < 1.29 is 9.84 Å². The number of aliphatic hydroxyl groups is 1. The molecule has 0 radical (unpaired) electrons. The largest absolute Gasteiger partial charge is 0.490 e. The van der Waals surface area contributed by atoms with Crippen LogP contribution < -0.4 is 10.5 Å². The van der Waals surface area contributed by atoms with Crippen LogP contribution in [0.4, 0.5) is 5.69 Å². The summed E-state index contributed by atoms with van der Waals surface area (Å²) in [5.74, 6) is 0.717. The minimum atomic E-state index is 0.171. The number of hydrogen-bond donors (Lipinski definition) is 2. The molecule has 0 saturated carbocycles. The van der Waals surface area contributed by atoms with E-state index in [0.717, 1.165) is 12.3 Å². The second kappa shape index (κ2) is 6.27. The number of benzene rings is 1. The summed E-state index contributed by atoms with van der Waals surface area (Å²) in [5.41, 5.74) is 6.37. The van der Waals surface area contributed by atoms with Gasteiger partial charge in [0.25, 0.3) is 0 Å². The molecule has 0 atom stereocenters. The fourth-order valence-electron chi connectivity index (χ4n) is 1.21. The molecule has 3 N–H and O–H groups in total. The predicted molar refractivity (Wildman–Crippen MR) is 60.9 cm³/mol. The highest BCUT2D eigenvalue weighted by Crippen LogP contribution is 2.19. The number of anilines is 1. The van der Waals surface area contributed by atoms with Crippen molar-refractivity contribution in [3.8, 4) is 5.75 Å². The molecule has 0 aliphatic heterocycles. The molecule has 0 heterocycles. The third-order valence-electron chi connectivity index (χ3n) is 2.13. The van der Waals surface area contributed by atoms with Crippen LogP contribution in [-0.4, -0.2) is 43.4 Å². The molecule has 0 unspecified atom stereocenters. The zero-order valence-electron chi connectivity index (χ0n) is 9.02. The number of nitrogens with zero attached hydrogens (tertiary/aromatic N) is 1. The van der Waals surface area contributed by atoms with Crippen molar-refractivity contribution in [1.82, 2.24) is 4.90 Å². The summed E-state index contributed by atoms with van der Waals surface area (Å²) in [4.78, 5) is 2.00. The van der Waals surface area contributed by atoms with Crippen LogP contribution in [0.1, 0.15) is 0 Å². The molecule has 0 aliphatic carbocycles. The lowest BCUT2D eigenvalue weighted by Crippen LogP contribution is -2.27. The van der Waals surface area contributed by atoms with Crippen molar-refractivity contribution >= 4 is 5.69 Å². The van der Waals surface area contributed by atoms with Gasteiger partial charge in [0.05, 0.1) is 12.3 Å². The summed E-state index contributed by atoms with van der Waals surface area (Å²) in [6.07, 6.45) is 0. The van der Waals surface area contributed by atoms with Crippen LogP contribution in [0.3, 0.4) is 0 Å². The van der Waals surface area contributed by atoms with Crippen molar-refractivity contribution in [2.24, 2.45) is 0 Å². The first-order valence-corrected chi connectivity index (χ1v) is 5.00. The van der Waals surface area contributed by atoms with E-state index in [0.29, 0.717) is 18.8 Å². The first kappa shape index (κ1) is 11.8. The number of likely N-dealkylation sites (N-methyl/N-ethyl adjacent to an activating group) is 1. The molecule has 15 heavy (non-hydrogen) atoms. The SMILES string of the molecule is CN(CCO)CCOc1ccccc1N. The summed E-state index contributed by atoms with van der Waals surface area (Å²) in [5, 5.41) is 8.69. The number of aliphatic hydroxyl groups excluding tert-OH is 1. The van der Waals surface area contributed by atoms with Crippen molar-refractivity contribution in [3.05, 3.63) is 24.3 Å². The van der Waals surface area contributed by atoms with Crippen molar-refractivity contribution in [2.75, 3.05) is 39.1 Å². The zero-order valence-corrected chi connectivity index (χ0v) is 9.02. The molecule has 4 heteroatoms. The Balaban J connectivity index is 2.29. The Bertz CT molecular complexity index is 292. The van der Waals surface area contributed by atoms with Gasteiger partial charge in [0.1, 0.15) is 12.4 Å². The average molecular weight is 210 g/mol. The van der Waals surface area contributed by atoms with E-state index in [1.165, 1.54) is 0 Å². The predicted octanol–water partition coefficient (Wildman–Crippen LogP) is 0.572. The minimum absolute atomic E-state index is 0.171. The van der Waals surface area contributed by atoms with Gasteiger partial charge in [0.15, 0.2) is 0 Å². The van der Waals surface area contributed by atoms with Gasteiger partial charge in [0, 0.05) is 13.1 Å². The van der Waals surface area contributed by atoms with E-state index in [1.807, 2.05) is 36.2 Å². The normalized spacial score (nSPS) is 10.6. The van der Waals surface area contributed by atoms with Crippen LogP contribution in [0, 0.1) is 0 Å². The first-order chi connectivity index (χ1) is 7.24. The van der Waals surface area contributed by atoms with Crippen LogP contribution in [0.15, 0.2) is 24.3 Å². The number of para-hydroxylation sites is 2. The van der Waals surface area contributed by atoms with E-state index in [2.05, 4.69) is 0 Å². The lowest BCUT2D eigenvalue weighted by molar-refractivity contribution is 0.193. The van der Waals surface area contributed by atoms with Crippen LogP contribution in [-0.2, 0) is 0 Å². The summed E-state index contributed by atoms with van der Waals surface area (Å²) in [6, 6.07) is 7.43. The maximum Gasteiger partial charge on any atom is 0.142 e. The van der Waals surface area contributed by atoms with Gasteiger partial charge in [-0.2, -0.15) is 0 Å². The lowest BCUT2D eigenvalue weighted by Gasteiger charge is -2.15. The lowest BCUT2D eigenvalue weighted by atomic mass is 10.3. The van der Waals surface area contributed by atoms with Crippen LogP contribution in [0.25, 0.3) is 0 Å². The maximum absolute atomic E-state index is 8.69. The highest BCUT2D eigenvalue weighted by Gasteiger charge is 2.00. The van der Waals surface area contributed by atoms with Gasteiger partial charge in [-0.1, -0.05) is 12.1 Å². The molecule has 1 aromatic carbocycles. The van der Waals surface area contributed by atoms with Gasteiger partial charge < -0.3 is 20.5 Å². The number of nitrogens with two attached hydrogens (primary N) is 1. The number of rotatable bonds is 6. The van der Waals surface area contributed by atoms with Crippen LogP contribution >= 0.6 is 0 Å². The summed E-state index contributed by atoms with van der Waals surface area (Å²) >= 11 is 0. The van der Waals surface area contributed by atoms with Gasteiger partial charge in [-0.3, -0.25) is 0 Å². The molecule has 0 spiro atoms. The molecule has 0 bridgehead atoms. The molecule has 0 saturated heterocycles. The monoisotopic (exact) mass is 210 g/mol. The zero-order chi connectivity index (χ0) is 11.1. The highest BCUT2D eigenvalue weighted by atomic mass is 16.5. The van der Waals surface area contributed by atoms with Crippen LogP contribution in [0.2, 0.25) is 0 Å². The minimum Gasteiger partial charge on any atom is -0.490 e. The van der Waals surface area contributed by atoms with Crippen LogP contribution in [0.5, 0.6) is 5.75 Å². The fraction of sp³-hybridized carbons (Fsp3) is 0.455. The topological polar surface area (TPSA) is 58.7 Å². The quantitative estimate of drug-likeness (QED) is 0.674. The molecule has 1 rings (SSSR count). The number of ether oxygens (including phenoxy) is 1. The molecule has 84 valence electrons. The Morgan fingerprint density at radius 1 is 1.33 bits per heavy atom. The molecule has 0 fully saturated rings. The Hall–Kier alpha value is -1.26.